The Morgan fingerprint density at radius 1 is 1.62 bits per heavy atom. The first-order chi connectivity index (χ1) is 3.68. The average Bonchev–Trinajstić information content (AvgIpc) is 1.69. The zero-order valence-electron chi connectivity index (χ0n) is 4.36. The molecule has 5 heteroatoms. The number of hydrogen-bond donors (Lipinski definition) is 0. The first-order valence-electron chi connectivity index (χ1n) is 1.87. The van der Waals surface area contributed by atoms with Crippen LogP contribution in [0.15, 0.2) is 0 Å². The quantitative estimate of drug-likeness (QED) is 0.642. The molecular weight excluding hydrogens is 241 g/mol. The van der Waals surface area contributed by atoms with Gasteiger partial charge >= 0.3 is 35.0 Å². The van der Waals surface area contributed by atoms with Gasteiger partial charge < -0.3 is 11.5 Å². The molecule has 56 valence electrons. The van der Waals surface area contributed by atoms with Crippen molar-refractivity contribution in [2.75, 3.05) is 6.54 Å². The van der Waals surface area contributed by atoms with Gasteiger partial charge in [0.25, 0.3) is 0 Å². The second-order valence-electron chi connectivity index (χ2n) is 1.15. The summed E-state index contributed by atoms with van der Waals surface area (Å²) >= 11 is -0.106. The minimum absolute atomic E-state index is 0.106. The Morgan fingerprint density at radius 2 is 1.75 bits per heavy atom. The van der Waals surface area contributed by atoms with Crippen LogP contribution in [0.25, 0.3) is 11.5 Å². The van der Waals surface area contributed by atoms with Crippen LogP contribution in [-0.2, 0) is 15.9 Å². The average molecular weight is 249 g/mol. The van der Waals surface area contributed by atoms with Crippen LogP contribution in [0.5, 0.6) is 0 Å². The Kier molecular flexibility index (Phi) is 16.4. The zero-order valence-corrected chi connectivity index (χ0v) is 7.42. The normalized spacial score (nSPS) is 12.1. The second-order valence-corrected chi connectivity index (χ2v) is 3.51. The molecule has 8 heavy (non-hydrogen) atoms. The van der Waals surface area contributed by atoms with E-state index in [1.165, 1.54) is 0 Å². The zero-order chi connectivity index (χ0) is 6.99. The van der Waals surface area contributed by atoms with Crippen LogP contribution >= 0.6 is 19.1 Å². The summed E-state index contributed by atoms with van der Waals surface area (Å²) in [5, 5.41) is 0. The van der Waals surface area contributed by atoms with Gasteiger partial charge in [0.2, 0.25) is 0 Å². The van der Waals surface area contributed by atoms with Gasteiger partial charge in [0.05, 0.1) is 0 Å². The van der Waals surface area contributed by atoms with Crippen molar-refractivity contribution in [2.45, 2.75) is 13.0 Å². The second kappa shape index (κ2) is 11.0. The molecule has 0 aromatic heterocycles. The van der Waals surface area contributed by atoms with E-state index in [4.69, 9.17) is 30.5 Å². The van der Waals surface area contributed by atoms with E-state index in [-0.39, 0.29) is 28.5 Å². The Balaban J connectivity index is 0. The van der Waals surface area contributed by atoms with Crippen molar-refractivity contribution in [1.29, 1.82) is 0 Å². The summed E-state index contributed by atoms with van der Waals surface area (Å²) in [6.07, 6.45) is 0. The van der Waals surface area contributed by atoms with Crippen LogP contribution in [0, 0.1) is 0 Å². The number of hydrogen-bond acceptors (Lipinski definition) is 0. The van der Waals surface area contributed by atoms with Crippen molar-refractivity contribution < 1.29 is 15.9 Å². The summed E-state index contributed by atoms with van der Waals surface area (Å²) in [6.45, 7) is 1.92. The Hall–Kier alpha value is 1.16. The standard InChI is InChI=1S/C3H8N2.2ClH.Pd/c1-3(5)2-4;;;/h3-5H,2H2,1H3;2*1H;/q-2;;;+2/p-2. The van der Waals surface area contributed by atoms with Crippen molar-refractivity contribution in [3.63, 3.8) is 0 Å². The summed E-state index contributed by atoms with van der Waals surface area (Å²) in [7, 11) is 9.63. The summed E-state index contributed by atoms with van der Waals surface area (Å²) in [5.74, 6) is 0. The molecule has 0 spiro atoms. The summed E-state index contributed by atoms with van der Waals surface area (Å²) in [5.41, 5.74) is 13.1. The molecule has 0 heterocycles. The van der Waals surface area contributed by atoms with Crippen molar-refractivity contribution in [2.24, 2.45) is 0 Å². The van der Waals surface area contributed by atoms with Gasteiger partial charge in [0, 0.05) is 0 Å². The minimum atomic E-state index is -0.199. The third kappa shape index (κ3) is 27.2. The van der Waals surface area contributed by atoms with E-state index in [0.29, 0.717) is 0 Å². The van der Waals surface area contributed by atoms with Crippen LogP contribution in [0.1, 0.15) is 6.92 Å². The van der Waals surface area contributed by atoms with Gasteiger partial charge in [-0.25, -0.2) is 0 Å². The van der Waals surface area contributed by atoms with Gasteiger partial charge in [0.15, 0.2) is 0 Å². The summed E-state index contributed by atoms with van der Waals surface area (Å²) in [6, 6.07) is -0.199. The van der Waals surface area contributed by atoms with Crippen molar-refractivity contribution in [3.8, 4) is 0 Å². The van der Waals surface area contributed by atoms with Gasteiger partial charge in [-0.1, -0.05) is 6.92 Å². The molecule has 0 amide bonds. The van der Waals surface area contributed by atoms with Crippen molar-refractivity contribution in [3.05, 3.63) is 11.5 Å². The predicted octanol–water partition coefficient (Wildman–Crippen LogP) is 2.86. The molecule has 0 fully saturated rings. The monoisotopic (exact) mass is 248 g/mol. The maximum absolute atomic E-state index is 6.64. The molecule has 2 nitrogen and oxygen atoms in total. The molecule has 0 aliphatic heterocycles. The van der Waals surface area contributed by atoms with E-state index in [2.05, 4.69) is 0 Å². The van der Waals surface area contributed by atoms with Crippen LogP contribution in [0.2, 0.25) is 0 Å². The Morgan fingerprint density at radius 3 is 1.75 bits per heavy atom. The third-order valence-electron chi connectivity index (χ3n) is 0.306. The van der Waals surface area contributed by atoms with Crippen LogP contribution in [0.4, 0.5) is 0 Å². The summed E-state index contributed by atoms with van der Waals surface area (Å²) < 4.78 is 0. The SMILES string of the molecule is CC([NH-])C[NH-].[Cl][Pd][Cl]. The van der Waals surface area contributed by atoms with Gasteiger partial charge in [-0.05, 0) is 0 Å². The number of halogens is 2. The van der Waals surface area contributed by atoms with Gasteiger partial charge in [-0.2, -0.15) is 12.6 Å². The fourth-order valence-corrected chi connectivity index (χ4v) is 0. The maximum atomic E-state index is 6.64. The molecule has 0 saturated carbocycles. The van der Waals surface area contributed by atoms with Gasteiger partial charge in [0.1, 0.15) is 0 Å². The molecular formula is C3H8Cl2N2Pd-2. The molecule has 0 rings (SSSR count). The molecule has 0 bridgehead atoms. The molecule has 1 atom stereocenters. The molecule has 0 saturated heterocycles. The van der Waals surface area contributed by atoms with E-state index in [1.54, 1.807) is 6.92 Å². The van der Waals surface area contributed by atoms with Gasteiger partial charge in [-0.15, -0.1) is 0 Å². The van der Waals surface area contributed by atoms with Crippen LogP contribution in [-0.4, -0.2) is 12.6 Å². The first kappa shape index (κ1) is 11.9. The van der Waals surface area contributed by atoms with Gasteiger partial charge in [-0.3, -0.25) is 0 Å². The topological polar surface area (TPSA) is 47.6 Å². The molecule has 2 N–H and O–H groups in total. The molecule has 0 radical (unpaired) electrons. The van der Waals surface area contributed by atoms with Crippen molar-refractivity contribution >= 4 is 19.1 Å². The third-order valence-corrected chi connectivity index (χ3v) is 0.306. The predicted molar refractivity (Wildman–Crippen MR) is 34.7 cm³/mol. The number of nitrogens with one attached hydrogen (secondary N) is 2. The van der Waals surface area contributed by atoms with E-state index in [9.17, 15) is 0 Å². The molecule has 0 aliphatic rings. The number of rotatable bonds is 1. The molecule has 0 aromatic rings. The fourth-order valence-electron chi connectivity index (χ4n) is 0. The summed E-state index contributed by atoms with van der Waals surface area (Å²) in [4.78, 5) is 0. The van der Waals surface area contributed by atoms with Crippen LogP contribution < -0.4 is 0 Å². The van der Waals surface area contributed by atoms with E-state index in [0.717, 1.165) is 0 Å². The van der Waals surface area contributed by atoms with Crippen LogP contribution in [0.3, 0.4) is 0 Å². The molecule has 1 unspecified atom stereocenters. The van der Waals surface area contributed by atoms with E-state index < -0.39 is 0 Å². The van der Waals surface area contributed by atoms with Crippen molar-refractivity contribution in [1.82, 2.24) is 0 Å². The van der Waals surface area contributed by atoms with E-state index >= 15 is 0 Å². The Bertz CT molecular complexity index is 36.5. The first-order valence-corrected chi connectivity index (χ1v) is 5.87. The molecule has 0 aliphatic carbocycles. The Labute approximate surface area is 66.0 Å². The van der Waals surface area contributed by atoms with E-state index in [1.807, 2.05) is 0 Å². The molecule has 0 aromatic carbocycles. The fraction of sp³-hybridized carbons (Fsp3) is 1.00.